The molecule has 3 N–H and O–H groups in total. The van der Waals surface area contributed by atoms with Crippen LogP contribution >= 0.6 is 18.9 Å². The van der Waals surface area contributed by atoms with Crippen molar-refractivity contribution >= 4 is 24.2 Å². The van der Waals surface area contributed by atoms with Crippen LogP contribution in [0.1, 0.15) is 51.4 Å². The van der Waals surface area contributed by atoms with Crippen molar-refractivity contribution < 1.29 is 14.7 Å². The number of benzene rings is 1. The van der Waals surface area contributed by atoms with E-state index in [0.29, 0.717) is 6.42 Å². The minimum atomic E-state index is -4.65. The number of rotatable bonds is 11. The van der Waals surface area contributed by atoms with Gasteiger partial charge in [0.2, 0.25) is 0 Å². The second kappa shape index (κ2) is 9.07. The molecule has 0 unspecified atom stereocenters. The predicted molar refractivity (Wildman–Crippen MR) is 92.2 cm³/mol. The van der Waals surface area contributed by atoms with E-state index in [9.17, 15) is 14.7 Å². The van der Waals surface area contributed by atoms with Gasteiger partial charge in [0, 0.05) is 0 Å². The molecule has 0 bridgehead atoms. The Balaban J connectivity index is 2.19. The molecule has 0 saturated carbocycles. The Labute approximate surface area is 133 Å². The average Bonchev–Trinajstić information content (AvgIpc) is 2.46. The van der Waals surface area contributed by atoms with Gasteiger partial charge in [0.15, 0.2) is 0 Å². The molecule has 1 rings (SSSR count). The number of halogens is 1. The molecule has 0 spiro atoms. The van der Waals surface area contributed by atoms with Crippen LogP contribution in [0.5, 0.6) is 0 Å². The summed E-state index contributed by atoms with van der Waals surface area (Å²) in [6.45, 7) is 0. The Morgan fingerprint density at radius 1 is 0.714 bits per heavy atom. The monoisotopic (exact) mass is 334 g/mol. The van der Waals surface area contributed by atoms with Gasteiger partial charge in [-0.05, 0) is 0 Å². The second-order valence-corrected chi connectivity index (χ2v) is 9.37. The molecule has 0 atom stereocenters. The third-order valence-corrected chi connectivity index (χ3v) is 6.50. The normalized spacial score (nSPS) is 13.8. The Bertz CT molecular complexity index is 390. The molecule has 21 heavy (non-hydrogen) atoms. The number of hydrogen-bond donors (Lipinski definition) is 3. The Kier molecular flexibility index (Phi) is 8.15. The molecule has 5 heteroatoms. The number of hydrogen-bond acceptors (Lipinski definition) is 3. The van der Waals surface area contributed by atoms with E-state index >= 15 is 0 Å². The summed E-state index contributed by atoms with van der Waals surface area (Å²) in [5.74, 6) is 0.746. The Morgan fingerprint density at radius 2 is 1.19 bits per heavy atom. The maximum absolute atomic E-state index is 10.2. The van der Waals surface area contributed by atoms with Crippen molar-refractivity contribution in [2.24, 2.45) is 0 Å². The fourth-order valence-corrected chi connectivity index (χ4v) is 4.46. The molecular formula is C16H28ClO3P. The van der Waals surface area contributed by atoms with Gasteiger partial charge in [-0.3, -0.25) is 0 Å². The molecular weight excluding hydrogens is 307 g/mol. The molecule has 0 aliphatic heterocycles. The zero-order valence-corrected chi connectivity index (χ0v) is 14.3. The van der Waals surface area contributed by atoms with Gasteiger partial charge in [0.05, 0.1) is 0 Å². The third kappa shape index (κ3) is 7.58. The van der Waals surface area contributed by atoms with Crippen molar-refractivity contribution in [3.05, 3.63) is 30.3 Å². The number of alkyl halides is 1. The van der Waals surface area contributed by atoms with Gasteiger partial charge in [0.1, 0.15) is 0 Å². The van der Waals surface area contributed by atoms with Gasteiger partial charge in [-0.15, -0.1) is 0 Å². The van der Waals surface area contributed by atoms with E-state index in [-0.39, 0.29) is 11.5 Å². The first kappa shape index (κ1) is 18.9. The zero-order valence-electron chi connectivity index (χ0n) is 12.6. The molecule has 0 aromatic heterocycles. The van der Waals surface area contributed by atoms with E-state index in [1.54, 1.807) is 30.3 Å². The molecule has 122 valence electrons. The molecule has 0 amide bonds. The summed E-state index contributed by atoms with van der Waals surface area (Å²) < 4.78 is 0. The molecule has 0 fully saturated rings. The topological polar surface area (TPSA) is 60.7 Å². The molecule has 0 saturated heterocycles. The average molecular weight is 335 g/mol. The summed E-state index contributed by atoms with van der Waals surface area (Å²) in [5.41, 5.74) is 0. The maximum atomic E-state index is 10.2. The SMILES string of the molecule is OP(O)(O)(CCCCCCCCCCCl)c1ccccc1. The van der Waals surface area contributed by atoms with Crippen molar-refractivity contribution in [2.75, 3.05) is 12.0 Å². The molecule has 3 nitrogen and oxygen atoms in total. The first-order valence-electron chi connectivity index (χ1n) is 7.82. The summed E-state index contributed by atoms with van der Waals surface area (Å²) in [6.07, 6.45) is 8.55. The van der Waals surface area contributed by atoms with Crippen LogP contribution in [-0.4, -0.2) is 26.7 Å². The van der Waals surface area contributed by atoms with E-state index in [2.05, 4.69) is 0 Å². The standard InChI is InChI=1S/C16H28ClO3P/c17-14-10-5-3-1-2-4-6-11-15-21(18,19,20)16-12-8-7-9-13-16/h7-9,12-13,18-20H,1-6,10-11,14-15H2. The van der Waals surface area contributed by atoms with Gasteiger partial charge < -0.3 is 0 Å². The first-order chi connectivity index (χ1) is 9.94. The van der Waals surface area contributed by atoms with Gasteiger partial charge >= 0.3 is 133 Å². The van der Waals surface area contributed by atoms with Crippen LogP contribution in [-0.2, 0) is 0 Å². The van der Waals surface area contributed by atoms with Crippen molar-refractivity contribution in [1.29, 1.82) is 0 Å². The third-order valence-electron chi connectivity index (χ3n) is 3.74. The summed E-state index contributed by atoms with van der Waals surface area (Å²) in [4.78, 5) is 30.5. The fraction of sp³-hybridized carbons (Fsp3) is 0.625. The van der Waals surface area contributed by atoms with Gasteiger partial charge in [-0.1, -0.05) is 0 Å². The van der Waals surface area contributed by atoms with Crippen LogP contribution < -0.4 is 5.30 Å². The molecule has 0 radical (unpaired) electrons. The first-order valence-corrected chi connectivity index (χ1v) is 10.6. The van der Waals surface area contributed by atoms with Crippen LogP contribution in [0.25, 0.3) is 0 Å². The number of unbranched alkanes of at least 4 members (excludes halogenated alkanes) is 7. The fourth-order valence-electron chi connectivity index (χ4n) is 2.42. The van der Waals surface area contributed by atoms with Gasteiger partial charge in [-0.2, -0.15) is 0 Å². The van der Waals surface area contributed by atoms with Crippen LogP contribution in [0.15, 0.2) is 30.3 Å². The van der Waals surface area contributed by atoms with E-state index < -0.39 is 7.28 Å². The Morgan fingerprint density at radius 3 is 1.71 bits per heavy atom. The van der Waals surface area contributed by atoms with Crippen molar-refractivity contribution in [1.82, 2.24) is 0 Å². The van der Waals surface area contributed by atoms with Crippen molar-refractivity contribution in [3.8, 4) is 0 Å². The van der Waals surface area contributed by atoms with Crippen LogP contribution in [0.4, 0.5) is 0 Å². The Hall–Kier alpha value is -0.180. The van der Waals surface area contributed by atoms with Crippen molar-refractivity contribution in [2.45, 2.75) is 51.4 Å². The van der Waals surface area contributed by atoms with E-state index in [1.807, 2.05) is 0 Å². The summed E-state index contributed by atoms with van der Waals surface area (Å²) in [5, 5.41) is 0.254. The predicted octanol–water partition coefficient (Wildman–Crippen LogP) is 3.95. The second-order valence-electron chi connectivity index (χ2n) is 5.73. The molecule has 1 aromatic rings. The molecule has 0 heterocycles. The van der Waals surface area contributed by atoms with E-state index in [4.69, 9.17) is 11.6 Å². The van der Waals surface area contributed by atoms with Crippen LogP contribution in [0.3, 0.4) is 0 Å². The van der Waals surface area contributed by atoms with Gasteiger partial charge in [-0.25, -0.2) is 0 Å². The van der Waals surface area contributed by atoms with E-state index in [1.165, 1.54) is 19.3 Å². The van der Waals surface area contributed by atoms with Crippen molar-refractivity contribution in [3.63, 3.8) is 0 Å². The molecule has 0 aliphatic rings. The van der Waals surface area contributed by atoms with Gasteiger partial charge in [0.25, 0.3) is 0 Å². The van der Waals surface area contributed by atoms with Crippen LogP contribution in [0.2, 0.25) is 0 Å². The van der Waals surface area contributed by atoms with E-state index in [0.717, 1.165) is 31.6 Å². The van der Waals surface area contributed by atoms with Crippen LogP contribution in [0, 0.1) is 0 Å². The minimum absolute atomic E-state index is 0.0574. The zero-order chi connectivity index (χ0) is 15.6. The summed E-state index contributed by atoms with van der Waals surface area (Å²) in [7, 11) is -4.65. The molecule has 0 aliphatic carbocycles. The summed E-state index contributed by atoms with van der Waals surface area (Å²) in [6, 6.07) is 8.37. The molecule has 1 aromatic carbocycles. The summed E-state index contributed by atoms with van der Waals surface area (Å²) >= 11 is 5.62. The quantitative estimate of drug-likeness (QED) is 0.326.